The molecule has 0 saturated carbocycles. The molecule has 0 radical (unpaired) electrons. The van der Waals surface area contributed by atoms with Crippen molar-refractivity contribution in [2.45, 2.75) is 13.5 Å². The first kappa shape index (κ1) is 18.6. The molecule has 1 aromatic heterocycles. The van der Waals surface area contributed by atoms with Crippen molar-refractivity contribution in [2.75, 3.05) is 26.2 Å². The van der Waals surface area contributed by atoms with Gasteiger partial charge >= 0.3 is 0 Å². The van der Waals surface area contributed by atoms with E-state index >= 15 is 0 Å². The fourth-order valence-electron chi connectivity index (χ4n) is 3.44. The van der Waals surface area contributed by atoms with Gasteiger partial charge in [-0.2, -0.15) is 0 Å². The van der Waals surface area contributed by atoms with Gasteiger partial charge in [0.25, 0.3) is 0 Å². The molecule has 1 fully saturated rings. The van der Waals surface area contributed by atoms with Crippen LogP contribution in [0.5, 0.6) is 11.5 Å². The summed E-state index contributed by atoms with van der Waals surface area (Å²) in [6.45, 7) is 7.23. The van der Waals surface area contributed by atoms with Gasteiger partial charge < -0.3 is 10.1 Å². The standard InChI is InChI=1S/C23H24FN3O/c1-17-14-18(16-27-12-10-25-11-13-27)15-23(26-17)19-2-6-21(7-3-19)28-22-8-4-20(24)5-9-22/h2-9,14-15,25H,10-13,16H2,1H3. The van der Waals surface area contributed by atoms with Crippen LogP contribution < -0.4 is 10.1 Å². The fourth-order valence-corrected chi connectivity index (χ4v) is 3.44. The minimum absolute atomic E-state index is 0.273. The quantitative estimate of drug-likeness (QED) is 0.715. The molecule has 3 aromatic rings. The number of nitrogens with zero attached hydrogens (tertiary/aromatic N) is 2. The Morgan fingerprint density at radius 1 is 0.964 bits per heavy atom. The molecule has 0 amide bonds. The molecule has 28 heavy (non-hydrogen) atoms. The molecule has 0 atom stereocenters. The van der Waals surface area contributed by atoms with Crippen LogP contribution in [-0.4, -0.2) is 36.1 Å². The van der Waals surface area contributed by atoms with Crippen LogP contribution in [0.1, 0.15) is 11.3 Å². The summed E-state index contributed by atoms with van der Waals surface area (Å²) in [6, 6.07) is 18.2. The highest BCUT2D eigenvalue weighted by molar-refractivity contribution is 5.61. The van der Waals surface area contributed by atoms with Crippen LogP contribution in [0.3, 0.4) is 0 Å². The van der Waals surface area contributed by atoms with E-state index in [4.69, 9.17) is 9.72 Å². The lowest BCUT2D eigenvalue weighted by molar-refractivity contribution is 0.233. The van der Waals surface area contributed by atoms with E-state index in [0.29, 0.717) is 11.5 Å². The van der Waals surface area contributed by atoms with Crippen LogP contribution in [0.15, 0.2) is 60.7 Å². The zero-order valence-electron chi connectivity index (χ0n) is 16.0. The highest BCUT2D eigenvalue weighted by atomic mass is 19.1. The lowest BCUT2D eigenvalue weighted by Crippen LogP contribution is -2.42. The minimum atomic E-state index is -0.273. The topological polar surface area (TPSA) is 37.4 Å². The molecule has 4 nitrogen and oxygen atoms in total. The molecule has 1 N–H and O–H groups in total. The van der Waals surface area contributed by atoms with Gasteiger partial charge in [-0.05, 0) is 73.2 Å². The van der Waals surface area contributed by atoms with Crippen molar-refractivity contribution >= 4 is 0 Å². The van der Waals surface area contributed by atoms with Crippen molar-refractivity contribution in [2.24, 2.45) is 0 Å². The number of aryl methyl sites for hydroxylation is 1. The second-order valence-electron chi connectivity index (χ2n) is 7.11. The van der Waals surface area contributed by atoms with Gasteiger partial charge in [0.15, 0.2) is 0 Å². The highest BCUT2D eigenvalue weighted by Gasteiger charge is 2.11. The van der Waals surface area contributed by atoms with Gasteiger partial charge in [0, 0.05) is 44.0 Å². The van der Waals surface area contributed by atoms with Crippen LogP contribution in [0.25, 0.3) is 11.3 Å². The fraction of sp³-hybridized carbons (Fsp3) is 0.261. The van der Waals surface area contributed by atoms with E-state index in [1.165, 1.54) is 17.7 Å². The van der Waals surface area contributed by atoms with E-state index in [-0.39, 0.29) is 5.82 Å². The molecule has 1 aliphatic heterocycles. The first-order valence-corrected chi connectivity index (χ1v) is 9.60. The monoisotopic (exact) mass is 377 g/mol. The molecule has 1 aliphatic rings. The zero-order chi connectivity index (χ0) is 19.3. The van der Waals surface area contributed by atoms with Gasteiger partial charge in [0.1, 0.15) is 17.3 Å². The average Bonchev–Trinajstić information content (AvgIpc) is 2.71. The lowest BCUT2D eigenvalue weighted by atomic mass is 10.1. The first-order valence-electron chi connectivity index (χ1n) is 9.60. The van der Waals surface area contributed by atoms with Crippen molar-refractivity contribution in [3.63, 3.8) is 0 Å². The molecule has 0 bridgehead atoms. The van der Waals surface area contributed by atoms with Crippen LogP contribution in [0, 0.1) is 12.7 Å². The Bertz CT molecular complexity index is 920. The molecule has 5 heteroatoms. The van der Waals surface area contributed by atoms with Gasteiger partial charge in [-0.15, -0.1) is 0 Å². The Hall–Kier alpha value is -2.76. The smallest absolute Gasteiger partial charge is 0.127 e. The highest BCUT2D eigenvalue weighted by Crippen LogP contribution is 2.26. The van der Waals surface area contributed by atoms with Crippen LogP contribution in [0.2, 0.25) is 0 Å². The molecule has 1 saturated heterocycles. The second-order valence-corrected chi connectivity index (χ2v) is 7.11. The predicted molar refractivity (Wildman–Crippen MR) is 109 cm³/mol. The number of hydrogen-bond acceptors (Lipinski definition) is 4. The summed E-state index contributed by atoms with van der Waals surface area (Å²) in [5.74, 6) is 1.05. The van der Waals surface area contributed by atoms with Crippen LogP contribution >= 0.6 is 0 Å². The Morgan fingerprint density at radius 2 is 1.61 bits per heavy atom. The third-order valence-electron chi connectivity index (χ3n) is 4.83. The lowest BCUT2D eigenvalue weighted by Gasteiger charge is -2.27. The maximum Gasteiger partial charge on any atom is 0.127 e. The summed E-state index contributed by atoms with van der Waals surface area (Å²) < 4.78 is 18.8. The van der Waals surface area contributed by atoms with Crippen molar-refractivity contribution in [3.8, 4) is 22.8 Å². The van der Waals surface area contributed by atoms with E-state index in [2.05, 4.69) is 22.3 Å². The number of ether oxygens (including phenoxy) is 1. The third kappa shape index (κ3) is 4.74. The van der Waals surface area contributed by atoms with Gasteiger partial charge in [0.2, 0.25) is 0 Å². The largest absolute Gasteiger partial charge is 0.457 e. The number of rotatable bonds is 5. The molecule has 0 aliphatic carbocycles. The van der Waals surface area contributed by atoms with E-state index < -0.39 is 0 Å². The number of benzene rings is 2. The summed E-state index contributed by atoms with van der Waals surface area (Å²) in [5.41, 5.74) is 4.33. The number of hydrogen-bond donors (Lipinski definition) is 1. The van der Waals surface area contributed by atoms with E-state index in [1.54, 1.807) is 12.1 Å². The summed E-state index contributed by atoms with van der Waals surface area (Å²) in [5, 5.41) is 3.39. The van der Waals surface area contributed by atoms with Crippen molar-refractivity contribution in [3.05, 3.63) is 77.7 Å². The van der Waals surface area contributed by atoms with Crippen LogP contribution in [-0.2, 0) is 6.54 Å². The number of pyridine rings is 1. The second kappa shape index (κ2) is 8.50. The Kier molecular flexibility index (Phi) is 5.65. The first-order chi connectivity index (χ1) is 13.7. The normalized spacial score (nSPS) is 14.8. The SMILES string of the molecule is Cc1cc(CN2CCNCC2)cc(-c2ccc(Oc3ccc(F)cc3)cc2)n1. The Balaban J connectivity index is 1.49. The number of piperazine rings is 1. The molecule has 2 aromatic carbocycles. The Morgan fingerprint density at radius 3 is 2.29 bits per heavy atom. The summed E-state index contributed by atoms with van der Waals surface area (Å²) in [4.78, 5) is 7.17. The summed E-state index contributed by atoms with van der Waals surface area (Å²) in [6.07, 6.45) is 0. The number of halogens is 1. The Labute approximate surface area is 165 Å². The van der Waals surface area contributed by atoms with Crippen molar-refractivity contribution < 1.29 is 9.13 Å². The van der Waals surface area contributed by atoms with Crippen molar-refractivity contribution in [1.82, 2.24) is 15.2 Å². The molecule has 2 heterocycles. The molecular formula is C23H24FN3O. The van der Waals surface area contributed by atoms with E-state index in [9.17, 15) is 4.39 Å². The molecule has 0 spiro atoms. The van der Waals surface area contributed by atoms with Gasteiger partial charge in [-0.1, -0.05) is 0 Å². The van der Waals surface area contributed by atoms with Gasteiger partial charge in [0.05, 0.1) is 5.69 Å². The molecular weight excluding hydrogens is 353 g/mol. The summed E-state index contributed by atoms with van der Waals surface area (Å²) in [7, 11) is 0. The minimum Gasteiger partial charge on any atom is -0.457 e. The van der Waals surface area contributed by atoms with Crippen LogP contribution in [0.4, 0.5) is 4.39 Å². The molecule has 0 unspecified atom stereocenters. The predicted octanol–water partition coefficient (Wildman–Crippen LogP) is 4.39. The molecule has 144 valence electrons. The average molecular weight is 377 g/mol. The van der Waals surface area contributed by atoms with Gasteiger partial charge in [-0.3, -0.25) is 9.88 Å². The van der Waals surface area contributed by atoms with Crippen molar-refractivity contribution in [1.29, 1.82) is 0 Å². The maximum absolute atomic E-state index is 13.0. The number of nitrogens with one attached hydrogen (secondary N) is 1. The summed E-state index contributed by atoms with van der Waals surface area (Å²) >= 11 is 0. The van der Waals surface area contributed by atoms with E-state index in [1.807, 2.05) is 31.2 Å². The third-order valence-corrected chi connectivity index (χ3v) is 4.83. The zero-order valence-corrected chi connectivity index (χ0v) is 16.0. The number of aromatic nitrogens is 1. The van der Waals surface area contributed by atoms with Gasteiger partial charge in [-0.25, -0.2) is 4.39 Å². The maximum atomic E-state index is 13.0. The van der Waals surface area contributed by atoms with E-state index in [0.717, 1.165) is 49.7 Å². The molecule has 4 rings (SSSR count).